The van der Waals surface area contributed by atoms with Gasteiger partial charge in [0.25, 0.3) is 0 Å². The van der Waals surface area contributed by atoms with Gasteiger partial charge in [-0.25, -0.2) is 4.79 Å². The second-order valence-electron chi connectivity index (χ2n) is 4.09. The van der Waals surface area contributed by atoms with Gasteiger partial charge < -0.3 is 15.2 Å². The van der Waals surface area contributed by atoms with Gasteiger partial charge in [-0.2, -0.15) is 0 Å². The Morgan fingerprint density at radius 1 is 1.43 bits per heavy atom. The molecule has 0 aliphatic heterocycles. The maximum Gasteiger partial charge on any atom is 0.332 e. The molecule has 0 saturated heterocycles. The third kappa shape index (κ3) is 6.42. The molecule has 0 aliphatic rings. The monoisotopic (exact) mass is 203 g/mol. The van der Waals surface area contributed by atoms with E-state index in [0.717, 1.165) is 0 Å². The lowest BCUT2D eigenvalue weighted by Gasteiger charge is -2.20. The number of carboxylic acid groups (broad SMARTS) is 1. The highest BCUT2D eigenvalue weighted by atomic mass is 16.5. The lowest BCUT2D eigenvalue weighted by atomic mass is 10.1. The smallest absolute Gasteiger partial charge is 0.332 e. The van der Waals surface area contributed by atoms with Crippen LogP contribution in [0.1, 0.15) is 27.7 Å². The zero-order valence-electron chi connectivity index (χ0n) is 8.96. The van der Waals surface area contributed by atoms with Crippen molar-refractivity contribution in [3.63, 3.8) is 0 Å². The molecule has 0 saturated carbocycles. The van der Waals surface area contributed by atoms with E-state index in [1.165, 1.54) is 6.92 Å². The summed E-state index contributed by atoms with van der Waals surface area (Å²) >= 11 is 0. The number of aliphatic carboxylic acids is 1. The number of carboxylic acids is 1. The van der Waals surface area contributed by atoms with Crippen molar-refractivity contribution >= 4 is 11.9 Å². The fourth-order valence-electron chi connectivity index (χ4n) is 0.726. The predicted octanol–water partition coefficient (Wildman–Crippen LogP) is 0.391. The van der Waals surface area contributed by atoms with Crippen LogP contribution in [0.25, 0.3) is 0 Å². The van der Waals surface area contributed by atoms with E-state index in [2.05, 4.69) is 5.32 Å². The van der Waals surface area contributed by atoms with Crippen LogP contribution < -0.4 is 5.32 Å². The summed E-state index contributed by atoms with van der Waals surface area (Å²) in [6, 6.07) is 0. The Kier molecular flexibility index (Phi) is 4.56. The number of amides is 1. The van der Waals surface area contributed by atoms with Gasteiger partial charge in [0, 0.05) is 5.54 Å². The second-order valence-corrected chi connectivity index (χ2v) is 4.09. The van der Waals surface area contributed by atoms with Gasteiger partial charge in [-0.1, -0.05) is 0 Å². The van der Waals surface area contributed by atoms with E-state index in [1.54, 1.807) is 0 Å². The molecule has 0 heterocycles. The Labute approximate surface area is 83.4 Å². The molecular weight excluding hydrogens is 186 g/mol. The van der Waals surface area contributed by atoms with Gasteiger partial charge in [0.1, 0.15) is 6.61 Å². The van der Waals surface area contributed by atoms with Crippen molar-refractivity contribution in [3.05, 3.63) is 0 Å². The minimum absolute atomic E-state index is 0.231. The number of nitrogens with one attached hydrogen (secondary N) is 1. The highest BCUT2D eigenvalue weighted by Crippen LogP contribution is 1.98. The summed E-state index contributed by atoms with van der Waals surface area (Å²) in [5.74, 6) is -1.39. The van der Waals surface area contributed by atoms with E-state index in [9.17, 15) is 9.59 Å². The third-order valence-corrected chi connectivity index (χ3v) is 1.33. The zero-order chi connectivity index (χ0) is 11.4. The molecule has 0 aromatic carbocycles. The molecule has 5 heteroatoms. The summed E-state index contributed by atoms with van der Waals surface area (Å²) in [6.07, 6.45) is -0.958. The second kappa shape index (κ2) is 4.95. The summed E-state index contributed by atoms with van der Waals surface area (Å²) in [6.45, 7) is 6.67. The maximum absolute atomic E-state index is 11.2. The van der Waals surface area contributed by atoms with E-state index in [-0.39, 0.29) is 18.1 Å². The summed E-state index contributed by atoms with van der Waals surface area (Å²) < 4.78 is 4.80. The van der Waals surface area contributed by atoms with Gasteiger partial charge in [0.05, 0.1) is 0 Å². The number of carbonyl (C=O) groups excluding carboxylic acids is 1. The average Bonchev–Trinajstić information content (AvgIpc) is 1.96. The molecule has 14 heavy (non-hydrogen) atoms. The van der Waals surface area contributed by atoms with Crippen molar-refractivity contribution in [2.24, 2.45) is 0 Å². The van der Waals surface area contributed by atoms with Crippen molar-refractivity contribution in [2.75, 3.05) is 6.61 Å². The molecule has 0 aromatic rings. The van der Waals surface area contributed by atoms with Crippen molar-refractivity contribution in [3.8, 4) is 0 Å². The van der Waals surface area contributed by atoms with Crippen LogP contribution in [0.5, 0.6) is 0 Å². The molecular formula is C9H17NO4. The van der Waals surface area contributed by atoms with Crippen LogP contribution in [0.15, 0.2) is 0 Å². The van der Waals surface area contributed by atoms with Crippen molar-refractivity contribution in [1.29, 1.82) is 0 Å². The molecule has 5 nitrogen and oxygen atoms in total. The molecule has 0 bridgehead atoms. The van der Waals surface area contributed by atoms with Crippen molar-refractivity contribution in [2.45, 2.75) is 39.3 Å². The molecule has 82 valence electrons. The fourth-order valence-corrected chi connectivity index (χ4v) is 0.726. The normalized spacial score (nSPS) is 13.4. The Morgan fingerprint density at radius 3 is 2.29 bits per heavy atom. The van der Waals surface area contributed by atoms with Gasteiger partial charge in [-0.3, -0.25) is 4.79 Å². The first-order valence-electron chi connectivity index (χ1n) is 4.38. The first-order chi connectivity index (χ1) is 6.22. The topological polar surface area (TPSA) is 75.6 Å². The van der Waals surface area contributed by atoms with Gasteiger partial charge in [-0.05, 0) is 27.7 Å². The molecule has 0 spiro atoms. The van der Waals surface area contributed by atoms with E-state index in [0.29, 0.717) is 0 Å². The highest BCUT2D eigenvalue weighted by molar-refractivity contribution is 5.78. The SMILES string of the molecule is CC(OCC(=O)NC(C)(C)C)C(=O)O. The average molecular weight is 203 g/mol. The standard InChI is InChI=1S/C9H17NO4/c1-6(8(12)13)14-5-7(11)10-9(2,3)4/h6H,5H2,1-4H3,(H,10,11)(H,12,13). The van der Waals surface area contributed by atoms with Crippen molar-refractivity contribution < 1.29 is 19.4 Å². The molecule has 1 unspecified atom stereocenters. The van der Waals surface area contributed by atoms with E-state index < -0.39 is 12.1 Å². The van der Waals surface area contributed by atoms with Crippen LogP contribution in [0.2, 0.25) is 0 Å². The van der Waals surface area contributed by atoms with E-state index >= 15 is 0 Å². The van der Waals surface area contributed by atoms with E-state index in [1.807, 2.05) is 20.8 Å². The van der Waals surface area contributed by atoms with Crippen LogP contribution >= 0.6 is 0 Å². The van der Waals surface area contributed by atoms with Gasteiger partial charge in [0.15, 0.2) is 6.10 Å². The third-order valence-electron chi connectivity index (χ3n) is 1.33. The Morgan fingerprint density at radius 2 is 1.93 bits per heavy atom. The Balaban J connectivity index is 3.81. The quantitative estimate of drug-likeness (QED) is 0.693. The number of carbonyl (C=O) groups is 2. The summed E-state index contributed by atoms with van der Waals surface area (Å²) in [4.78, 5) is 21.5. The first kappa shape index (κ1) is 12.9. The summed E-state index contributed by atoms with van der Waals surface area (Å²) in [5, 5.41) is 11.1. The van der Waals surface area contributed by atoms with Crippen LogP contribution in [0.4, 0.5) is 0 Å². The minimum Gasteiger partial charge on any atom is -0.479 e. The first-order valence-corrected chi connectivity index (χ1v) is 4.38. The number of hydrogen-bond acceptors (Lipinski definition) is 3. The summed E-state index contributed by atoms with van der Waals surface area (Å²) in [7, 11) is 0. The number of hydrogen-bond donors (Lipinski definition) is 2. The van der Waals surface area contributed by atoms with E-state index in [4.69, 9.17) is 9.84 Å². The molecule has 1 amide bonds. The molecule has 1 atom stereocenters. The van der Waals surface area contributed by atoms with Crippen LogP contribution in [-0.2, 0) is 14.3 Å². The zero-order valence-corrected chi connectivity index (χ0v) is 8.96. The Bertz CT molecular complexity index is 219. The van der Waals surface area contributed by atoms with Crippen LogP contribution in [-0.4, -0.2) is 35.2 Å². The van der Waals surface area contributed by atoms with Crippen molar-refractivity contribution in [1.82, 2.24) is 5.32 Å². The van der Waals surface area contributed by atoms with Gasteiger partial charge >= 0.3 is 5.97 Å². The molecule has 0 radical (unpaired) electrons. The Hall–Kier alpha value is -1.10. The van der Waals surface area contributed by atoms with Crippen LogP contribution in [0.3, 0.4) is 0 Å². The molecule has 0 aromatic heterocycles. The maximum atomic E-state index is 11.2. The fraction of sp³-hybridized carbons (Fsp3) is 0.778. The summed E-state index contributed by atoms with van der Waals surface area (Å²) in [5.41, 5.74) is -0.326. The molecule has 2 N–H and O–H groups in total. The largest absolute Gasteiger partial charge is 0.479 e. The lowest BCUT2D eigenvalue weighted by Crippen LogP contribution is -2.43. The molecule has 0 rings (SSSR count). The van der Waals surface area contributed by atoms with Gasteiger partial charge in [-0.15, -0.1) is 0 Å². The predicted molar refractivity (Wildman–Crippen MR) is 50.9 cm³/mol. The minimum atomic E-state index is -1.08. The van der Waals surface area contributed by atoms with Gasteiger partial charge in [0.2, 0.25) is 5.91 Å². The number of ether oxygens (including phenoxy) is 1. The molecule has 0 fully saturated rings. The number of rotatable bonds is 4. The lowest BCUT2D eigenvalue weighted by molar-refractivity contribution is -0.151. The molecule has 0 aliphatic carbocycles. The van der Waals surface area contributed by atoms with Crippen LogP contribution in [0, 0.1) is 0 Å². The highest BCUT2D eigenvalue weighted by Gasteiger charge is 2.16.